The van der Waals surface area contributed by atoms with E-state index in [1.54, 1.807) is 29.3 Å². The van der Waals surface area contributed by atoms with Gasteiger partial charge in [0.2, 0.25) is 5.91 Å². The van der Waals surface area contributed by atoms with Crippen LogP contribution in [-0.2, 0) is 17.8 Å². The first-order chi connectivity index (χ1) is 22.2. The Hall–Kier alpha value is -4.80. The Morgan fingerprint density at radius 3 is 2.35 bits per heavy atom. The molecule has 2 unspecified atom stereocenters. The van der Waals surface area contributed by atoms with E-state index in [0.29, 0.717) is 29.9 Å². The molecule has 10 nitrogen and oxygen atoms in total. The number of carbonyl (C=O) groups is 3. The van der Waals surface area contributed by atoms with Crippen molar-refractivity contribution in [3.63, 3.8) is 0 Å². The molecule has 0 bridgehead atoms. The lowest BCUT2D eigenvalue weighted by Gasteiger charge is -2.33. The Labute approximate surface area is 271 Å². The molecular weight excluding hydrogens is 582 g/mol. The number of aldehydes is 1. The number of imidazole rings is 1. The molecule has 0 aliphatic rings. The number of rotatable bonds is 14. The number of hydrogen-bond donors (Lipinski definition) is 4. The maximum atomic E-state index is 14.6. The average Bonchev–Trinajstić information content (AvgIpc) is 3.57. The number of aryl methyl sites for hydroxylation is 2. The van der Waals surface area contributed by atoms with E-state index in [2.05, 4.69) is 21.0 Å². The number of nitrogens with one attached hydrogen (secondary N) is 2. The molecular formula is C36H45N5O5. The number of carboxylic acids is 1. The number of aromatic amines is 1. The summed E-state index contributed by atoms with van der Waals surface area (Å²) in [6.07, 6.45) is 3.85. The number of nitrogens with zero attached hydrogens (tertiary/aromatic N) is 2. The summed E-state index contributed by atoms with van der Waals surface area (Å²) in [5.74, 6) is -0.394. The van der Waals surface area contributed by atoms with Crippen molar-refractivity contribution >= 4 is 18.2 Å². The minimum absolute atomic E-state index is 0.0246. The molecule has 0 fully saturated rings. The molecule has 0 saturated carbocycles. The summed E-state index contributed by atoms with van der Waals surface area (Å²) in [5, 5.41) is 13.2. The second-order valence-corrected chi connectivity index (χ2v) is 11.0. The Morgan fingerprint density at radius 1 is 1.09 bits per heavy atom. The van der Waals surface area contributed by atoms with E-state index in [1.165, 1.54) is 14.2 Å². The molecule has 244 valence electrons. The molecule has 0 spiro atoms. The quantitative estimate of drug-likeness (QED) is 0.134. The number of amides is 1. The van der Waals surface area contributed by atoms with Gasteiger partial charge in [0.1, 0.15) is 23.4 Å². The topological polar surface area (TPSA) is 151 Å². The zero-order valence-corrected chi connectivity index (χ0v) is 27.5. The smallest absolute Gasteiger partial charge is 0.339 e. The third kappa shape index (κ3) is 8.68. The lowest BCUT2D eigenvalue weighted by Crippen LogP contribution is -2.48. The van der Waals surface area contributed by atoms with Gasteiger partial charge < -0.3 is 30.8 Å². The van der Waals surface area contributed by atoms with Gasteiger partial charge in [-0.15, -0.1) is 0 Å². The third-order valence-corrected chi connectivity index (χ3v) is 7.88. The first-order valence-corrected chi connectivity index (χ1v) is 15.3. The Bertz CT molecular complexity index is 1600. The lowest BCUT2D eigenvalue weighted by atomic mass is 9.93. The second kappa shape index (κ2) is 17.0. The van der Waals surface area contributed by atoms with Gasteiger partial charge in [-0.3, -0.25) is 9.59 Å². The molecule has 4 rings (SSSR count). The Morgan fingerprint density at radius 2 is 1.76 bits per heavy atom. The van der Waals surface area contributed by atoms with Crippen LogP contribution < -0.4 is 15.8 Å². The van der Waals surface area contributed by atoms with Crippen LogP contribution in [0.2, 0.25) is 0 Å². The number of benzene rings is 3. The van der Waals surface area contributed by atoms with Crippen molar-refractivity contribution in [1.82, 2.24) is 20.2 Å². The highest BCUT2D eigenvalue weighted by Crippen LogP contribution is 2.28. The lowest BCUT2D eigenvalue weighted by molar-refractivity contribution is -0.136. The van der Waals surface area contributed by atoms with Gasteiger partial charge >= 0.3 is 5.97 Å². The van der Waals surface area contributed by atoms with Crippen LogP contribution in [0, 0.1) is 13.8 Å². The molecule has 2 atom stereocenters. The van der Waals surface area contributed by atoms with E-state index >= 15 is 0 Å². The molecule has 0 aliphatic carbocycles. The SMILES string of the molecule is CCCNC(Cc1c(C)cc(C=O)cc1C)C(=O)N(Cc1ccc(OC)c(C(=O)O)c1)C(C)c1ncc(-c2ccccc2)[nH]1.CN. The van der Waals surface area contributed by atoms with Gasteiger partial charge in [0.05, 0.1) is 31.1 Å². The van der Waals surface area contributed by atoms with Crippen LogP contribution in [0.3, 0.4) is 0 Å². The van der Waals surface area contributed by atoms with Gasteiger partial charge in [-0.1, -0.05) is 43.3 Å². The largest absolute Gasteiger partial charge is 0.496 e. The average molecular weight is 628 g/mol. The highest BCUT2D eigenvalue weighted by atomic mass is 16.5. The van der Waals surface area contributed by atoms with Crippen LogP contribution in [0.15, 0.2) is 66.9 Å². The van der Waals surface area contributed by atoms with E-state index in [-0.39, 0.29) is 23.8 Å². The molecule has 0 radical (unpaired) electrons. The maximum absolute atomic E-state index is 14.6. The molecule has 5 N–H and O–H groups in total. The van der Waals surface area contributed by atoms with Crippen molar-refractivity contribution in [2.45, 2.75) is 59.2 Å². The zero-order valence-electron chi connectivity index (χ0n) is 27.5. The van der Waals surface area contributed by atoms with Crippen LogP contribution in [0.5, 0.6) is 5.75 Å². The van der Waals surface area contributed by atoms with Crippen LogP contribution in [0.4, 0.5) is 0 Å². The predicted molar refractivity (Wildman–Crippen MR) is 180 cm³/mol. The number of hydrogen-bond acceptors (Lipinski definition) is 7. The van der Waals surface area contributed by atoms with Crippen LogP contribution >= 0.6 is 0 Å². The van der Waals surface area contributed by atoms with Gasteiger partial charge in [0, 0.05) is 12.1 Å². The molecule has 0 saturated heterocycles. The van der Waals surface area contributed by atoms with Crippen molar-refractivity contribution in [2.24, 2.45) is 5.73 Å². The number of aromatic carboxylic acids is 1. The van der Waals surface area contributed by atoms with Crippen LogP contribution in [0.1, 0.15) is 75.1 Å². The molecule has 1 heterocycles. The monoisotopic (exact) mass is 627 g/mol. The number of carbonyl (C=O) groups excluding carboxylic acids is 2. The summed E-state index contributed by atoms with van der Waals surface area (Å²) in [7, 11) is 2.93. The molecule has 46 heavy (non-hydrogen) atoms. The third-order valence-electron chi connectivity index (χ3n) is 7.88. The summed E-state index contributed by atoms with van der Waals surface area (Å²) >= 11 is 0. The fourth-order valence-electron chi connectivity index (χ4n) is 5.47. The van der Waals surface area contributed by atoms with Crippen molar-refractivity contribution in [3.8, 4) is 17.0 Å². The summed E-state index contributed by atoms with van der Waals surface area (Å²) in [5.41, 5.74) is 10.5. The fourth-order valence-corrected chi connectivity index (χ4v) is 5.47. The molecule has 1 aromatic heterocycles. The summed E-state index contributed by atoms with van der Waals surface area (Å²) in [6, 6.07) is 17.4. The Kier molecular flexibility index (Phi) is 13.2. The number of H-pyrrole nitrogens is 1. The standard InChI is InChI=1S/C35H40N4O5.CH5N/c1-6-14-36-30(18-28-22(2)15-26(21-40)16-23(28)3)34(41)39(20-25-12-13-32(44-5)29(17-25)35(42)43)24(4)33-37-19-31(38-33)27-10-8-7-9-11-27;1-2/h7-13,15-17,19,21,24,30,36H,6,14,18,20H2,1-5H3,(H,37,38)(H,42,43);2H2,1H3. The predicted octanol–water partition coefficient (Wildman–Crippen LogP) is 5.49. The van der Waals surface area contributed by atoms with Crippen molar-refractivity contribution in [3.05, 3.63) is 106 Å². The van der Waals surface area contributed by atoms with E-state index in [1.807, 2.05) is 70.2 Å². The fraction of sp³-hybridized carbons (Fsp3) is 0.333. The number of ether oxygens (including phenoxy) is 1. The minimum atomic E-state index is -1.11. The van der Waals surface area contributed by atoms with Gasteiger partial charge in [-0.25, -0.2) is 9.78 Å². The minimum Gasteiger partial charge on any atom is -0.496 e. The summed E-state index contributed by atoms with van der Waals surface area (Å²) < 4.78 is 5.26. The van der Waals surface area contributed by atoms with Gasteiger partial charge in [0.15, 0.2) is 0 Å². The highest BCUT2D eigenvalue weighted by molar-refractivity contribution is 5.91. The normalized spacial score (nSPS) is 12.0. The first-order valence-electron chi connectivity index (χ1n) is 15.3. The van der Waals surface area contributed by atoms with Crippen molar-refractivity contribution in [1.29, 1.82) is 0 Å². The molecule has 4 aromatic rings. The molecule has 10 heteroatoms. The van der Waals surface area contributed by atoms with Gasteiger partial charge in [-0.2, -0.15) is 0 Å². The van der Waals surface area contributed by atoms with Crippen molar-refractivity contribution in [2.75, 3.05) is 20.7 Å². The first kappa shape index (κ1) is 35.7. The molecule has 3 aromatic carbocycles. The van der Waals surface area contributed by atoms with Gasteiger partial charge in [0.25, 0.3) is 0 Å². The maximum Gasteiger partial charge on any atom is 0.339 e. The number of carboxylic acid groups (broad SMARTS) is 1. The summed E-state index contributed by atoms with van der Waals surface area (Å²) in [4.78, 5) is 47.7. The number of nitrogens with two attached hydrogens (primary N) is 1. The van der Waals surface area contributed by atoms with Gasteiger partial charge in [-0.05, 0) is 99.3 Å². The molecule has 0 aliphatic heterocycles. The van der Waals surface area contributed by atoms with Crippen molar-refractivity contribution < 1.29 is 24.2 Å². The molecule has 1 amide bonds. The van der Waals surface area contributed by atoms with Crippen LogP contribution in [-0.4, -0.2) is 64.9 Å². The second-order valence-electron chi connectivity index (χ2n) is 11.0. The van der Waals surface area contributed by atoms with E-state index in [4.69, 9.17) is 4.74 Å². The van der Waals surface area contributed by atoms with E-state index in [9.17, 15) is 19.5 Å². The number of methoxy groups -OCH3 is 1. The van der Waals surface area contributed by atoms with E-state index < -0.39 is 18.1 Å². The Balaban J connectivity index is 0.00000282. The number of aromatic nitrogens is 2. The zero-order chi connectivity index (χ0) is 33.8. The highest BCUT2D eigenvalue weighted by Gasteiger charge is 2.31. The van der Waals surface area contributed by atoms with Crippen LogP contribution in [0.25, 0.3) is 11.3 Å². The van der Waals surface area contributed by atoms with E-state index in [0.717, 1.165) is 40.7 Å². The summed E-state index contributed by atoms with van der Waals surface area (Å²) in [6.45, 7) is 8.65.